The van der Waals surface area contributed by atoms with E-state index >= 15 is 0 Å². The SMILES string of the molecule is Cl.Cl.Cn1c(=O)c(=O)n(C2CCNCC2(C)C)c2ncc(Cl)cc21. The molecule has 24 heavy (non-hydrogen) atoms. The number of aryl methyl sites for hydroxylation is 1. The molecule has 0 spiro atoms. The van der Waals surface area contributed by atoms with Crippen LogP contribution in [0.25, 0.3) is 11.2 Å². The Hall–Kier alpha value is -1.08. The summed E-state index contributed by atoms with van der Waals surface area (Å²) in [6.07, 6.45) is 2.29. The highest BCUT2D eigenvalue weighted by Gasteiger charge is 2.35. The summed E-state index contributed by atoms with van der Waals surface area (Å²) < 4.78 is 2.88. The fourth-order valence-corrected chi connectivity index (χ4v) is 3.38. The lowest BCUT2D eigenvalue weighted by atomic mass is 9.79. The van der Waals surface area contributed by atoms with Gasteiger partial charge in [-0.3, -0.25) is 14.2 Å². The lowest BCUT2D eigenvalue weighted by Crippen LogP contribution is -2.50. The quantitative estimate of drug-likeness (QED) is 0.751. The zero-order valence-corrected chi connectivity index (χ0v) is 16.1. The van der Waals surface area contributed by atoms with Gasteiger partial charge in [-0.2, -0.15) is 0 Å². The number of aromatic nitrogens is 3. The Labute approximate surface area is 157 Å². The van der Waals surface area contributed by atoms with E-state index in [1.54, 1.807) is 17.7 Å². The first-order valence-corrected chi connectivity index (χ1v) is 7.68. The third kappa shape index (κ3) is 3.33. The van der Waals surface area contributed by atoms with E-state index in [4.69, 9.17) is 11.6 Å². The summed E-state index contributed by atoms with van der Waals surface area (Å²) >= 11 is 6.00. The zero-order valence-electron chi connectivity index (χ0n) is 13.7. The Morgan fingerprint density at radius 3 is 2.58 bits per heavy atom. The van der Waals surface area contributed by atoms with Crippen molar-refractivity contribution in [1.82, 2.24) is 19.4 Å². The van der Waals surface area contributed by atoms with Gasteiger partial charge >= 0.3 is 11.1 Å². The van der Waals surface area contributed by atoms with Crippen molar-refractivity contribution < 1.29 is 0 Å². The summed E-state index contributed by atoms with van der Waals surface area (Å²) in [5, 5.41) is 3.78. The normalized spacial score (nSPS) is 19.4. The Kier molecular flexibility index (Phi) is 6.49. The van der Waals surface area contributed by atoms with Crippen LogP contribution < -0.4 is 16.4 Å². The van der Waals surface area contributed by atoms with Crippen molar-refractivity contribution in [3.8, 4) is 0 Å². The molecule has 1 atom stereocenters. The summed E-state index contributed by atoms with van der Waals surface area (Å²) in [7, 11) is 1.57. The number of pyridine rings is 1. The Morgan fingerprint density at radius 1 is 1.29 bits per heavy atom. The molecule has 1 saturated heterocycles. The van der Waals surface area contributed by atoms with Gasteiger partial charge in [-0.1, -0.05) is 25.4 Å². The summed E-state index contributed by atoms with van der Waals surface area (Å²) in [4.78, 5) is 29.3. The van der Waals surface area contributed by atoms with E-state index in [1.165, 1.54) is 10.8 Å². The molecule has 0 amide bonds. The molecule has 2 aromatic heterocycles. The van der Waals surface area contributed by atoms with Crippen molar-refractivity contribution in [3.05, 3.63) is 38.0 Å². The predicted octanol–water partition coefficient (Wildman–Crippen LogP) is 2.15. The number of piperidine rings is 1. The van der Waals surface area contributed by atoms with Crippen molar-refractivity contribution in [3.63, 3.8) is 0 Å². The third-order valence-corrected chi connectivity index (χ3v) is 4.71. The molecule has 3 rings (SSSR count). The number of nitrogens with zero attached hydrogens (tertiary/aromatic N) is 3. The van der Waals surface area contributed by atoms with E-state index in [0.717, 1.165) is 19.5 Å². The van der Waals surface area contributed by atoms with Crippen LogP contribution in [0.5, 0.6) is 0 Å². The molecular formula is C15H21Cl3N4O2. The van der Waals surface area contributed by atoms with E-state index in [0.29, 0.717) is 16.2 Å². The van der Waals surface area contributed by atoms with E-state index in [9.17, 15) is 9.59 Å². The molecule has 1 fully saturated rings. The van der Waals surface area contributed by atoms with Crippen LogP contribution >= 0.6 is 36.4 Å². The van der Waals surface area contributed by atoms with Gasteiger partial charge in [-0.15, -0.1) is 24.8 Å². The van der Waals surface area contributed by atoms with Crippen molar-refractivity contribution in [2.45, 2.75) is 26.3 Å². The number of hydrogen-bond acceptors (Lipinski definition) is 4. The van der Waals surface area contributed by atoms with Crippen LogP contribution in [0.1, 0.15) is 26.3 Å². The lowest BCUT2D eigenvalue weighted by Gasteiger charge is -2.40. The number of hydrogen-bond donors (Lipinski definition) is 1. The Balaban J connectivity index is 0.00000144. The van der Waals surface area contributed by atoms with Gasteiger partial charge in [0.1, 0.15) is 0 Å². The molecule has 1 aliphatic rings. The second-order valence-electron chi connectivity index (χ2n) is 6.51. The highest BCUT2D eigenvalue weighted by molar-refractivity contribution is 6.31. The second kappa shape index (κ2) is 7.44. The monoisotopic (exact) mass is 394 g/mol. The van der Waals surface area contributed by atoms with E-state index in [-0.39, 0.29) is 36.3 Å². The van der Waals surface area contributed by atoms with Gasteiger partial charge in [0.25, 0.3) is 0 Å². The summed E-state index contributed by atoms with van der Waals surface area (Å²) in [6.45, 7) is 5.78. The average molecular weight is 396 g/mol. The Morgan fingerprint density at radius 2 is 1.96 bits per heavy atom. The van der Waals surface area contributed by atoms with Gasteiger partial charge in [0.15, 0.2) is 5.65 Å². The number of halogens is 3. The standard InChI is InChI=1S/C15H19ClN4O2.2ClH/c1-15(2)8-17-5-4-11(15)20-12-10(6-9(16)7-18-12)19(3)13(21)14(20)22;;/h6-7,11,17H,4-5,8H2,1-3H3;2*1H. The molecule has 2 aromatic rings. The average Bonchev–Trinajstić information content (AvgIpc) is 2.47. The van der Waals surface area contributed by atoms with Crippen LogP contribution in [0.4, 0.5) is 0 Å². The molecular weight excluding hydrogens is 375 g/mol. The maximum absolute atomic E-state index is 12.6. The number of nitrogens with one attached hydrogen (secondary N) is 1. The predicted molar refractivity (Wildman–Crippen MR) is 101 cm³/mol. The molecule has 0 bridgehead atoms. The molecule has 1 N–H and O–H groups in total. The van der Waals surface area contributed by atoms with E-state index in [2.05, 4.69) is 24.1 Å². The molecule has 0 aliphatic carbocycles. The molecule has 1 unspecified atom stereocenters. The number of rotatable bonds is 1. The highest BCUT2D eigenvalue weighted by atomic mass is 35.5. The first kappa shape index (κ1) is 21.0. The van der Waals surface area contributed by atoms with Gasteiger partial charge in [-0.05, 0) is 24.4 Å². The molecule has 134 valence electrons. The molecule has 0 radical (unpaired) electrons. The Bertz CT molecular complexity index is 860. The second-order valence-corrected chi connectivity index (χ2v) is 6.94. The maximum Gasteiger partial charge on any atom is 0.318 e. The molecule has 1 aliphatic heterocycles. The van der Waals surface area contributed by atoms with Crippen molar-refractivity contribution >= 4 is 47.6 Å². The molecule has 0 aromatic carbocycles. The van der Waals surface area contributed by atoms with Gasteiger partial charge < -0.3 is 9.88 Å². The minimum atomic E-state index is -0.550. The van der Waals surface area contributed by atoms with E-state index in [1.807, 2.05) is 0 Å². The molecule has 9 heteroatoms. The first-order valence-electron chi connectivity index (χ1n) is 7.30. The summed E-state index contributed by atoms with van der Waals surface area (Å²) in [5.74, 6) is 0. The smallest absolute Gasteiger partial charge is 0.316 e. The third-order valence-electron chi connectivity index (χ3n) is 4.50. The van der Waals surface area contributed by atoms with Crippen molar-refractivity contribution in [2.75, 3.05) is 13.1 Å². The highest BCUT2D eigenvalue weighted by Crippen LogP contribution is 2.35. The largest absolute Gasteiger partial charge is 0.318 e. The first-order chi connectivity index (χ1) is 10.3. The maximum atomic E-state index is 12.6. The van der Waals surface area contributed by atoms with Crippen LogP contribution in [-0.4, -0.2) is 27.2 Å². The van der Waals surface area contributed by atoms with Gasteiger partial charge in [-0.25, -0.2) is 4.98 Å². The molecule has 3 heterocycles. The minimum Gasteiger partial charge on any atom is -0.316 e. The van der Waals surface area contributed by atoms with Gasteiger partial charge in [0.2, 0.25) is 0 Å². The van der Waals surface area contributed by atoms with Gasteiger partial charge in [0.05, 0.1) is 10.5 Å². The molecule has 0 saturated carbocycles. The lowest BCUT2D eigenvalue weighted by molar-refractivity contribution is 0.161. The van der Waals surface area contributed by atoms with Crippen molar-refractivity contribution in [2.24, 2.45) is 12.5 Å². The number of fused-ring (bicyclic) bond motifs is 1. The topological polar surface area (TPSA) is 68.9 Å². The fourth-order valence-electron chi connectivity index (χ4n) is 3.23. The zero-order chi connectivity index (χ0) is 16.1. The fraction of sp³-hybridized carbons (Fsp3) is 0.533. The minimum absolute atomic E-state index is 0. The summed E-state index contributed by atoms with van der Waals surface area (Å²) in [6, 6.07) is 1.60. The van der Waals surface area contributed by atoms with E-state index < -0.39 is 11.1 Å². The summed E-state index contributed by atoms with van der Waals surface area (Å²) in [5.41, 5.74) is -0.138. The van der Waals surface area contributed by atoms with Crippen LogP contribution in [0, 0.1) is 5.41 Å². The van der Waals surface area contributed by atoms with Crippen LogP contribution in [-0.2, 0) is 7.05 Å². The van der Waals surface area contributed by atoms with Gasteiger partial charge in [0, 0.05) is 25.8 Å². The van der Waals surface area contributed by atoms with Crippen LogP contribution in [0.3, 0.4) is 0 Å². The molecule has 6 nitrogen and oxygen atoms in total. The van der Waals surface area contributed by atoms with Crippen molar-refractivity contribution in [1.29, 1.82) is 0 Å². The van der Waals surface area contributed by atoms with Crippen LogP contribution in [0.2, 0.25) is 5.02 Å². The van der Waals surface area contributed by atoms with Crippen LogP contribution in [0.15, 0.2) is 21.9 Å².